The number of hydrogen-bond donors (Lipinski definition) is 2. The Balaban J connectivity index is 1.62. The maximum absolute atomic E-state index is 12.3. The number of aryl methyl sites for hydroxylation is 1. The van der Waals surface area contributed by atoms with Gasteiger partial charge in [0.15, 0.2) is 6.04 Å². The van der Waals surface area contributed by atoms with Crippen LogP contribution in [0, 0.1) is 6.92 Å². The van der Waals surface area contributed by atoms with Crippen molar-refractivity contribution in [3.8, 4) is 22.5 Å². The van der Waals surface area contributed by atoms with Gasteiger partial charge in [-0.25, -0.2) is 9.37 Å². The second-order valence-electron chi connectivity index (χ2n) is 10.6. The topological polar surface area (TPSA) is 65.5 Å². The number of benzene rings is 4. The molecule has 0 amide bonds. The fraction of sp³-hybridized carbons (Fsp3) is 0.235. The first-order valence-electron chi connectivity index (χ1n) is 13.7. The summed E-state index contributed by atoms with van der Waals surface area (Å²) in [5.41, 5.74) is 6.42. The summed E-state index contributed by atoms with van der Waals surface area (Å²) in [7, 11) is 2.17. The molecule has 0 unspecified atom stereocenters. The zero-order chi connectivity index (χ0) is 26.9. The quantitative estimate of drug-likeness (QED) is 0.185. The molecule has 1 saturated carbocycles. The molecule has 0 aromatic heterocycles. The Morgan fingerprint density at radius 2 is 1.64 bits per heavy atom. The number of carbonyl (C=O) groups is 1. The van der Waals surface area contributed by atoms with Crippen molar-refractivity contribution in [1.82, 2.24) is 4.58 Å². The largest absolute Gasteiger partial charge is 0.478 e. The Morgan fingerprint density at radius 1 is 0.897 bits per heavy atom. The van der Waals surface area contributed by atoms with Crippen LogP contribution in [0.2, 0.25) is 0 Å². The maximum atomic E-state index is 12.3. The van der Waals surface area contributed by atoms with E-state index in [0.717, 1.165) is 50.2 Å². The van der Waals surface area contributed by atoms with Crippen LogP contribution >= 0.6 is 0 Å². The number of nitrogens with zero attached hydrogens (tertiary/aromatic N) is 1. The number of fused-ring (bicyclic) bond motifs is 2. The Bertz CT molecular complexity index is 1710. The van der Waals surface area contributed by atoms with Crippen LogP contribution in [-0.2, 0) is 0 Å². The molecule has 2 aliphatic carbocycles. The van der Waals surface area contributed by atoms with Crippen LogP contribution in [0.4, 0.5) is 11.4 Å². The van der Waals surface area contributed by atoms with Crippen molar-refractivity contribution in [2.45, 2.75) is 45.1 Å². The molecule has 39 heavy (non-hydrogen) atoms. The van der Waals surface area contributed by atoms with Crippen molar-refractivity contribution in [2.75, 3.05) is 12.4 Å². The summed E-state index contributed by atoms with van der Waals surface area (Å²) in [6.07, 6.45) is 6.27. The number of aromatic carboxylic acids is 1. The predicted molar refractivity (Wildman–Crippen MR) is 158 cm³/mol. The normalized spacial score (nSPS) is 14.9. The molecule has 3 aliphatic rings. The van der Waals surface area contributed by atoms with Crippen LogP contribution in [0.1, 0.15) is 48.0 Å². The highest BCUT2D eigenvalue weighted by atomic mass is 16.4. The van der Waals surface area contributed by atoms with Crippen molar-refractivity contribution in [2.24, 2.45) is 0 Å². The molecule has 0 atom stereocenters. The molecule has 6 rings (SSSR count). The van der Waals surface area contributed by atoms with Gasteiger partial charge in [0.2, 0.25) is 5.36 Å². The molecular weight excluding hydrogens is 484 g/mol. The van der Waals surface area contributed by atoms with E-state index in [1.54, 1.807) is 12.1 Å². The molecule has 0 spiro atoms. The van der Waals surface area contributed by atoms with Gasteiger partial charge in [0.25, 0.3) is 0 Å². The Hall–Kier alpha value is -4.38. The minimum Gasteiger partial charge on any atom is -0.478 e. The Kier molecular flexibility index (Phi) is 6.65. The number of para-hydroxylation sites is 1. The van der Waals surface area contributed by atoms with Crippen molar-refractivity contribution in [3.05, 3.63) is 101 Å². The highest BCUT2D eigenvalue weighted by Crippen LogP contribution is 2.43. The SMILES string of the molecule is Cc1cc2oc3cc(=[N+](C)C4CCCCC4)ccc-3c(-c3ccccc3C(=O)O)c2cc1Nc1ccccc1. The van der Waals surface area contributed by atoms with Crippen LogP contribution in [-0.4, -0.2) is 24.2 Å². The lowest BCUT2D eigenvalue weighted by Crippen LogP contribution is -2.37. The van der Waals surface area contributed by atoms with E-state index >= 15 is 0 Å². The van der Waals surface area contributed by atoms with Gasteiger partial charge in [0.1, 0.15) is 18.4 Å². The monoisotopic (exact) mass is 517 g/mol. The first-order chi connectivity index (χ1) is 19.0. The summed E-state index contributed by atoms with van der Waals surface area (Å²) in [6.45, 7) is 2.06. The molecule has 2 N–H and O–H groups in total. The van der Waals surface area contributed by atoms with Crippen molar-refractivity contribution >= 4 is 28.3 Å². The van der Waals surface area contributed by atoms with Gasteiger partial charge in [-0.3, -0.25) is 0 Å². The summed E-state index contributed by atoms with van der Waals surface area (Å²) in [5.74, 6) is -0.197. The van der Waals surface area contributed by atoms with Crippen LogP contribution in [0.5, 0.6) is 0 Å². The lowest BCUT2D eigenvalue weighted by atomic mass is 9.90. The third-order valence-electron chi connectivity index (χ3n) is 8.06. The summed E-state index contributed by atoms with van der Waals surface area (Å²) >= 11 is 0. The molecule has 1 heterocycles. The molecule has 3 aromatic carbocycles. The highest BCUT2D eigenvalue weighted by Gasteiger charge is 2.25. The van der Waals surface area contributed by atoms with Gasteiger partial charge >= 0.3 is 5.97 Å². The molecule has 5 nitrogen and oxygen atoms in total. The van der Waals surface area contributed by atoms with Crippen LogP contribution in [0.15, 0.2) is 89.3 Å². The number of carboxylic acid groups (broad SMARTS) is 1. The molecule has 3 aromatic rings. The minimum absolute atomic E-state index is 0.271. The number of rotatable bonds is 5. The summed E-state index contributed by atoms with van der Waals surface area (Å²) in [4.78, 5) is 12.3. The van der Waals surface area contributed by atoms with Gasteiger partial charge < -0.3 is 14.8 Å². The second-order valence-corrected chi connectivity index (χ2v) is 10.6. The smallest absolute Gasteiger partial charge is 0.336 e. The predicted octanol–water partition coefficient (Wildman–Crippen LogP) is 7.69. The van der Waals surface area contributed by atoms with Crippen molar-refractivity contribution in [3.63, 3.8) is 0 Å². The number of anilines is 2. The molecule has 5 heteroatoms. The van der Waals surface area contributed by atoms with Crippen molar-refractivity contribution < 1.29 is 14.3 Å². The average Bonchev–Trinajstić information content (AvgIpc) is 2.97. The van der Waals surface area contributed by atoms with Gasteiger partial charge in [-0.1, -0.05) is 42.8 Å². The van der Waals surface area contributed by atoms with E-state index < -0.39 is 5.97 Å². The summed E-state index contributed by atoms with van der Waals surface area (Å²) in [6, 6.07) is 28.3. The van der Waals surface area contributed by atoms with Crippen molar-refractivity contribution in [1.29, 1.82) is 0 Å². The lowest BCUT2D eigenvalue weighted by Gasteiger charge is -2.20. The van der Waals surface area contributed by atoms with E-state index in [1.807, 2.05) is 48.5 Å². The van der Waals surface area contributed by atoms with Gasteiger partial charge in [0, 0.05) is 46.8 Å². The molecule has 1 aliphatic heterocycles. The van der Waals surface area contributed by atoms with E-state index in [-0.39, 0.29) is 5.56 Å². The fourth-order valence-electron chi connectivity index (χ4n) is 5.91. The van der Waals surface area contributed by atoms with E-state index in [0.29, 0.717) is 11.6 Å². The van der Waals surface area contributed by atoms with E-state index in [1.165, 1.54) is 32.1 Å². The molecule has 196 valence electrons. The van der Waals surface area contributed by atoms with E-state index in [2.05, 4.69) is 48.1 Å². The molecule has 0 bridgehead atoms. The fourth-order valence-corrected chi connectivity index (χ4v) is 5.91. The van der Waals surface area contributed by atoms with E-state index in [4.69, 9.17) is 4.42 Å². The number of hydrogen-bond acceptors (Lipinski definition) is 3. The molecule has 0 saturated heterocycles. The Morgan fingerprint density at radius 3 is 2.41 bits per heavy atom. The zero-order valence-electron chi connectivity index (χ0n) is 22.4. The lowest BCUT2D eigenvalue weighted by molar-refractivity contribution is 0.0697. The van der Waals surface area contributed by atoms with E-state index in [9.17, 15) is 9.90 Å². The zero-order valence-corrected chi connectivity index (χ0v) is 22.4. The third kappa shape index (κ3) is 4.81. The maximum Gasteiger partial charge on any atom is 0.336 e. The van der Waals surface area contributed by atoms with Crippen LogP contribution < -0.4 is 15.2 Å². The summed E-state index contributed by atoms with van der Waals surface area (Å²) in [5, 5.41) is 15.6. The first kappa shape index (κ1) is 24.9. The van der Waals surface area contributed by atoms with Crippen LogP contribution in [0.25, 0.3) is 33.4 Å². The molecule has 1 fully saturated rings. The highest BCUT2D eigenvalue weighted by molar-refractivity contribution is 6.08. The van der Waals surface area contributed by atoms with Crippen LogP contribution in [0.3, 0.4) is 0 Å². The number of carboxylic acids is 1. The van der Waals surface area contributed by atoms with Gasteiger partial charge in [-0.05, 0) is 67.3 Å². The minimum atomic E-state index is -0.948. The van der Waals surface area contributed by atoms with Gasteiger partial charge in [-0.2, -0.15) is 0 Å². The third-order valence-corrected chi connectivity index (χ3v) is 8.06. The standard InChI is InChI=1S/C34H32N2O3/c1-22-19-31-29(21-30(22)35-23-11-5-3-6-12-23)33(26-15-9-10-16-27(26)34(37)38)28-18-17-25(20-32(28)39-31)36(2)24-13-7-4-8-14-24/h3,5-6,9-12,15-21,24,35H,4,7-8,13-14H2,1-2H3/p+1. The van der Waals surface area contributed by atoms with Gasteiger partial charge in [-0.15, -0.1) is 0 Å². The molecule has 0 radical (unpaired) electrons. The summed E-state index contributed by atoms with van der Waals surface area (Å²) < 4.78 is 8.95. The average molecular weight is 518 g/mol. The van der Waals surface area contributed by atoms with Gasteiger partial charge in [0.05, 0.1) is 11.6 Å². The first-order valence-corrected chi connectivity index (χ1v) is 13.7. The molecular formula is C34H33N2O3+. The Labute approximate surface area is 228 Å². The second kappa shape index (κ2) is 10.4. The number of nitrogens with one attached hydrogen (secondary N) is 1.